The third-order valence-corrected chi connectivity index (χ3v) is 5.44. The Kier molecular flexibility index (Phi) is 4.60. The van der Waals surface area contributed by atoms with E-state index < -0.39 is 21.5 Å². The first kappa shape index (κ1) is 16.6. The van der Waals surface area contributed by atoms with Gasteiger partial charge in [-0.15, -0.1) is 0 Å². The molecule has 0 aliphatic heterocycles. The Labute approximate surface area is 119 Å². The molecule has 0 fully saturated rings. The first-order chi connectivity index (χ1) is 9.05. The number of aromatic nitrogens is 2. The predicted molar refractivity (Wildman–Crippen MR) is 73.9 cm³/mol. The van der Waals surface area contributed by atoms with Gasteiger partial charge in [-0.25, -0.2) is 8.42 Å². The molecule has 1 N–H and O–H groups in total. The van der Waals surface area contributed by atoms with Gasteiger partial charge in [0.25, 0.3) is 0 Å². The van der Waals surface area contributed by atoms with Crippen LogP contribution >= 0.6 is 0 Å². The molecule has 0 spiro atoms. The molecular formula is C12H21N3O4S. The van der Waals surface area contributed by atoms with Gasteiger partial charge in [0.2, 0.25) is 10.0 Å². The summed E-state index contributed by atoms with van der Waals surface area (Å²) in [6, 6.07) is 0. The maximum Gasteiger partial charge on any atom is 0.324 e. The minimum Gasteiger partial charge on any atom is -0.480 e. The van der Waals surface area contributed by atoms with Gasteiger partial charge in [0, 0.05) is 19.8 Å². The first-order valence-electron chi connectivity index (χ1n) is 6.31. The van der Waals surface area contributed by atoms with Crippen LogP contribution in [0.1, 0.15) is 32.9 Å². The summed E-state index contributed by atoms with van der Waals surface area (Å²) in [6.45, 7) is 6.87. The molecule has 0 radical (unpaired) electrons. The Morgan fingerprint density at radius 2 is 2.05 bits per heavy atom. The molecule has 0 saturated heterocycles. The van der Waals surface area contributed by atoms with E-state index in [9.17, 15) is 13.2 Å². The normalized spacial score (nSPS) is 12.9. The molecule has 114 valence electrons. The highest BCUT2D eigenvalue weighted by atomic mass is 32.2. The molecule has 1 aromatic heterocycles. The quantitative estimate of drug-likeness (QED) is 0.849. The number of carbonyl (C=O) groups is 1. The van der Waals surface area contributed by atoms with Crippen molar-refractivity contribution in [1.82, 2.24) is 14.1 Å². The third kappa shape index (κ3) is 2.85. The van der Waals surface area contributed by atoms with E-state index in [2.05, 4.69) is 5.10 Å². The van der Waals surface area contributed by atoms with Gasteiger partial charge >= 0.3 is 5.97 Å². The summed E-state index contributed by atoms with van der Waals surface area (Å²) < 4.78 is 27.5. The van der Waals surface area contributed by atoms with E-state index in [0.717, 1.165) is 10.7 Å². The monoisotopic (exact) mass is 303 g/mol. The fraction of sp³-hybridized carbons (Fsp3) is 0.667. The van der Waals surface area contributed by atoms with Gasteiger partial charge in [-0.05, 0) is 27.2 Å². The molecule has 0 aliphatic rings. The summed E-state index contributed by atoms with van der Waals surface area (Å²) in [4.78, 5) is 11.3. The first-order valence-corrected chi connectivity index (χ1v) is 7.75. The van der Waals surface area contributed by atoms with Crippen LogP contribution in [0.4, 0.5) is 0 Å². The van der Waals surface area contributed by atoms with Gasteiger partial charge in [0.1, 0.15) is 10.4 Å². The third-order valence-electron chi connectivity index (χ3n) is 3.30. The van der Waals surface area contributed by atoms with Crippen LogP contribution < -0.4 is 0 Å². The molecule has 1 rings (SSSR count). The number of hydrogen-bond donors (Lipinski definition) is 1. The summed E-state index contributed by atoms with van der Waals surface area (Å²) in [7, 11) is -2.64. The number of carboxylic acid groups (broad SMARTS) is 1. The lowest BCUT2D eigenvalue weighted by atomic mass is 10.1. The van der Waals surface area contributed by atoms with Crippen LogP contribution in [-0.2, 0) is 21.4 Å². The Balaban J connectivity index is 3.27. The van der Waals surface area contributed by atoms with Gasteiger partial charge in [-0.1, -0.05) is 6.92 Å². The van der Waals surface area contributed by atoms with Gasteiger partial charge in [0.15, 0.2) is 0 Å². The molecule has 0 atom stereocenters. The Hall–Kier alpha value is -1.41. The molecule has 1 aromatic rings. The molecule has 8 heteroatoms. The lowest BCUT2D eigenvalue weighted by molar-refractivity contribution is -0.145. The van der Waals surface area contributed by atoms with Crippen molar-refractivity contribution < 1.29 is 18.3 Å². The number of rotatable bonds is 6. The van der Waals surface area contributed by atoms with Crippen molar-refractivity contribution in [2.75, 3.05) is 7.05 Å². The predicted octanol–water partition coefficient (Wildman–Crippen LogP) is 1.09. The summed E-state index contributed by atoms with van der Waals surface area (Å²) in [5, 5.41) is 13.3. The second-order valence-corrected chi connectivity index (χ2v) is 7.12. The average Bonchev–Trinajstić information content (AvgIpc) is 2.70. The molecule has 1 heterocycles. The van der Waals surface area contributed by atoms with Gasteiger partial charge in [-0.2, -0.15) is 9.40 Å². The van der Waals surface area contributed by atoms with Crippen molar-refractivity contribution in [3.63, 3.8) is 0 Å². The fourth-order valence-corrected chi connectivity index (χ4v) is 3.32. The van der Waals surface area contributed by atoms with Crippen molar-refractivity contribution in [2.24, 2.45) is 0 Å². The van der Waals surface area contributed by atoms with Crippen LogP contribution in [0.25, 0.3) is 0 Å². The molecule has 20 heavy (non-hydrogen) atoms. The molecule has 7 nitrogen and oxygen atoms in total. The lowest BCUT2D eigenvalue weighted by Gasteiger charge is -2.30. The van der Waals surface area contributed by atoms with Crippen molar-refractivity contribution in [3.8, 4) is 0 Å². The Morgan fingerprint density at radius 1 is 1.50 bits per heavy atom. The molecular weight excluding hydrogens is 282 g/mol. The number of aryl methyl sites for hydroxylation is 2. The van der Waals surface area contributed by atoms with E-state index in [-0.39, 0.29) is 4.90 Å². The van der Waals surface area contributed by atoms with Crippen molar-refractivity contribution in [2.45, 2.75) is 51.1 Å². The van der Waals surface area contributed by atoms with Crippen LogP contribution in [0.2, 0.25) is 0 Å². The highest BCUT2D eigenvalue weighted by Crippen LogP contribution is 2.24. The lowest BCUT2D eigenvalue weighted by Crippen LogP contribution is -2.50. The summed E-state index contributed by atoms with van der Waals surface area (Å²) in [6.07, 6.45) is 2.28. The van der Waals surface area contributed by atoms with Crippen LogP contribution in [0.15, 0.2) is 11.1 Å². The van der Waals surface area contributed by atoms with Gasteiger partial charge in [0.05, 0.1) is 5.69 Å². The van der Waals surface area contributed by atoms with E-state index in [1.807, 2.05) is 6.92 Å². The molecule has 0 amide bonds. The topological polar surface area (TPSA) is 92.5 Å². The van der Waals surface area contributed by atoms with Gasteiger partial charge in [-0.3, -0.25) is 9.48 Å². The minimum atomic E-state index is -3.90. The van der Waals surface area contributed by atoms with Crippen molar-refractivity contribution in [3.05, 3.63) is 11.9 Å². The van der Waals surface area contributed by atoms with Crippen molar-refractivity contribution in [1.29, 1.82) is 0 Å². The smallest absolute Gasteiger partial charge is 0.324 e. The molecule has 0 aliphatic carbocycles. The number of likely N-dealkylation sites (N-methyl/N-ethyl adjacent to an activating group) is 1. The standard InChI is InChI=1S/C12H21N3O4S/c1-6-7-15-8-10(9(2)13-15)20(18,19)14(5)12(3,4)11(16)17/h8H,6-7H2,1-5H3,(H,16,17). The van der Waals surface area contributed by atoms with Gasteiger partial charge < -0.3 is 5.11 Å². The second-order valence-electron chi connectivity index (χ2n) is 5.18. The van der Waals surface area contributed by atoms with Crippen molar-refractivity contribution >= 4 is 16.0 Å². The zero-order valence-electron chi connectivity index (χ0n) is 12.4. The Morgan fingerprint density at radius 3 is 2.50 bits per heavy atom. The van der Waals surface area contributed by atoms with Crippen LogP contribution in [0, 0.1) is 6.92 Å². The number of carboxylic acids is 1. The minimum absolute atomic E-state index is 0.0442. The molecule has 0 unspecified atom stereocenters. The van der Waals surface area contributed by atoms with E-state index in [1.165, 1.54) is 27.1 Å². The molecule has 0 aromatic carbocycles. The van der Waals surface area contributed by atoms with Crippen LogP contribution in [0.3, 0.4) is 0 Å². The van der Waals surface area contributed by atoms with E-state index in [4.69, 9.17) is 5.11 Å². The van der Waals surface area contributed by atoms with E-state index >= 15 is 0 Å². The largest absolute Gasteiger partial charge is 0.480 e. The zero-order valence-corrected chi connectivity index (χ0v) is 13.2. The highest BCUT2D eigenvalue weighted by molar-refractivity contribution is 7.89. The Bertz CT molecular complexity index is 604. The van der Waals surface area contributed by atoms with Crippen LogP contribution in [-0.4, -0.2) is 46.2 Å². The number of sulfonamides is 1. The summed E-state index contributed by atoms with van der Waals surface area (Å²) >= 11 is 0. The summed E-state index contributed by atoms with van der Waals surface area (Å²) in [5.41, 5.74) is -1.16. The molecule has 0 bridgehead atoms. The van der Waals surface area contributed by atoms with E-state index in [0.29, 0.717) is 12.2 Å². The highest BCUT2D eigenvalue weighted by Gasteiger charge is 2.41. The zero-order chi connectivity index (χ0) is 15.7. The van der Waals surface area contributed by atoms with Crippen LogP contribution in [0.5, 0.6) is 0 Å². The SMILES string of the molecule is CCCn1cc(S(=O)(=O)N(C)C(C)(C)C(=O)O)c(C)n1. The summed E-state index contributed by atoms with van der Waals surface area (Å²) in [5.74, 6) is -1.21. The molecule has 0 saturated carbocycles. The number of hydrogen-bond acceptors (Lipinski definition) is 4. The maximum absolute atomic E-state index is 12.5. The number of aliphatic carboxylic acids is 1. The average molecular weight is 303 g/mol. The second kappa shape index (κ2) is 5.53. The van der Waals surface area contributed by atoms with E-state index in [1.54, 1.807) is 11.6 Å². The maximum atomic E-state index is 12.5. The number of nitrogens with zero attached hydrogens (tertiary/aromatic N) is 3. The fourth-order valence-electron chi connectivity index (χ4n) is 1.68.